The molecule has 19 heavy (non-hydrogen) atoms. The fourth-order valence-corrected chi connectivity index (χ4v) is 2.58. The molecule has 1 saturated heterocycles. The summed E-state index contributed by atoms with van der Waals surface area (Å²) in [6.45, 7) is 7.78. The number of aromatic hydroxyl groups is 2. The van der Waals surface area contributed by atoms with Crippen LogP contribution in [0.5, 0.6) is 11.5 Å². The average molecular weight is 262 g/mol. The number of nitrogens with one attached hydrogen (secondary N) is 1. The Morgan fingerprint density at radius 1 is 1.26 bits per heavy atom. The zero-order valence-corrected chi connectivity index (χ0v) is 11.2. The van der Waals surface area contributed by atoms with Gasteiger partial charge in [-0.3, -0.25) is 4.90 Å². The molecule has 1 aliphatic heterocycles. The zero-order valence-electron chi connectivity index (χ0n) is 11.2. The molecule has 104 valence electrons. The summed E-state index contributed by atoms with van der Waals surface area (Å²) in [5.74, 6) is -0.109. The molecule has 1 fully saturated rings. The second-order valence-electron chi connectivity index (χ2n) is 4.92. The van der Waals surface area contributed by atoms with Gasteiger partial charge < -0.3 is 15.5 Å². The fourth-order valence-electron chi connectivity index (χ4n) is 2.58. The maximum absolute atomic E-state index is 9.67. The van der Waals surface area contributed by atoms with Crippen LogP contribution in [0.3, 0.4) is 0 Å². The van der Waals surface area contributed by atoms with Crippen LogP contribution in [0.2, 0.25) is 0 Å². The molecule has 1 heterocycles. The van der Waals surface area contributed by atoms with Crippen molar-refractivity contribution < 1.29 is 10.2 Å². The van der Waals surface area contributed by atoms with E-state index in [9.17, 15) is 10.2 Å². The largest absolute Gasteiger partial charge is 0.504 e. The van der Waals surface area contributed by atoms with Crippen LogP contribution in [-0.2, 0) is 0 Å². The molecule has 3 N–H and O–H groups in total. The molecule has 1 aromatic carbocycles. The van der Waals surface area contributed by atoms with Gasteiger partial charge in [0.1, 0.15) is 0 Å². The Bertz CT molecular complexity index is 428. The molecule has 1 aromatic rings. The molecule has 4 nitrogen and oxygen atoms in total. The van der Waals surface area contributed by atoms with E-state index in [1.807, 2.05) is 12.1 Å². The normalized spacial score (nSPS) is 18.1. The van der Waals surface area contributed by atoms with Crippen molar-refractivity contribution >= 4 is 0 Å². The lowest BCUT2D eigenvalue weighted by atomic mass is 9.99. The van der Waals surface area contributed by atoms with E-state index in [1.54, 1.807) is 12.1 Å². The van der Waals surface area contributed by atoms with Gasteiger partial charge >= 0.3 is 0 Å². The molecule has 2 rings (SSSR count). The van der Waals surface area contributed by atoms with Crippen LogP contribution >= 0.6 is 0 Å². The Labute approximate surface area is 114 Å². The minimum Gasteiger partial charge on any atom is -0.504 e. The standard InChI is InChI=1S/C15H22N2O2/c1-2-3-4-13(17-9-7-16-8-10-17)12-5-6-14(18)15(19)11-12/h2,5-6,11,13,16,18-19H,1,3-4,7-10H2/t13-/m1/s1. The molecule has 0 bridgehead atoms. The summed E-state index contributed by atoms with van der Waals surface area (Å²) in [5, 5.41) is 22.4. The zero-order chi connectivity index (χ0) is 13.7. The van der Waals surface area contributed by atoms with Crippen molar-refractivity contribution in [3.8, 4) is 11.5 Å². The van der Waals surface area contributed by atoms with Crippen LogP contribution in [0.25, 0.3) is 0 Å². The van der Waals surface area contributed by atoms with E-state index >= 15 is 0 Å². The van der Waals surface area contributed by atoms with Gasteiger partial charge in [0.05, 0.1) is 0 Å². The number of nitrogens with zero attached hydrogens (tertiary/aromatic N) is 1. The number of hydrogen-bond acceptors (Lipinski definition) is 4. The molecule has 1 atom stereocenters. The summed E-state index contributed by atoms with van der Waals surface area (Å²) in [6.07, 6.45) is 3.85. The van der Waals surface area contributed by atoms with Crippen LogP contribution in [0.1, 0.15) is 24.4 Å². The van der Waals surface area contributed by atoms with E-state index in [1.165, 1.54) is 0 Å². The number of phenolic OH excluding ortho intramolecular Hbond substituents is 2. The van der Waals surface area contributed by atoms with E-state index in [2.05, 4.69) is 16.8 Å². The Morgan fingerprint density at radius 2 is 2.00 bits per heavy atom. The summed E-state index contributed by atoms with van der Waals surface area (Å²) in [5.41, 5.74) is 1.05. The highest BCUT2D eigenvalue weighted by atomic mass is 16.3. The molecule has 0 amide bonds. The lowest BCUT2D eigenvalue weighted by Gasteiger charge is -2.35. The van der Waals surface area contributed by atoms with Crippen molar-refractivity contribution in [3.63, 3.8) is 0 Å². The maximum atomic E-state index is 9.67. The molecule has 1 aliphatic rings. The summed E-state index contributed by atoms with van der Waals surface area (Å²) >= 11 is 0. The highest BCUT2D eigenvalue weighted by molar-refractivity contribution is 5.41. The lowest BCUT2D eigenvalue weighted by Crippen LogP contribution is -2.45. The molecule has 0 saturated carbocycles. The van der Waals surface area contributed by atoms with E-state index < -0.39 is 0 Å². The molecule has 0 aromatic heterocycles. The van der Waals surface area contributed by atoms with Gasteiger partial charge in [-0.1, -0.05) is 12.1 Å². The topological polar surface area (TPSA) is 55.7 Å². The molecular formula is C15H22N2O2. The molecule has 0 aliphatic carbocycles. The predicted octanol–water partition coefficient (Wildman–Crippen LogP) is 2.01. The van der Waals surface area contributed by atoms with Crippen molar-refractivity contribution in [1.29, 1.82) is 0 Å². The monoisotopic (exact) mass is 262 g/mol. The van der Waals surface area contributed by atoms with E-state index in [-0.39, 0.29) is 17.5 Å². The molecular weight excluding hydrogens is 240 g/mol. The quantitative estimate of drug-likeness (QED) is 0.561. The average Bonchev–Trinajstić information content (AvgIpc) is 2.44. The van der Waals surface area contributed by atoms with E-state index in [0.717, 1.165) is 44.6 Å². The Hall–Kier alpha value is -1.52. The van der Waals surface area contributed by atoms with Gasteiger partial charge in [-0.15, -0.1) is 6.58 Å². The summed E-state index contributed by atoms with van der Waals surface area (Å²) < 4.78 is 0. The van der Waals surface area contributed by atoms with Crippen LogP contribution in [0.4, 0.5) is 0 Å². The Morgan fingerprint density at radius 3 is 2.63 bits per heavy atom. The van der Waals surface area contributed by atoms with Gasteiger partial charge in [0.25, 0.3) is 0 Å². The SMILES string of the molecule is C=CCC[C@H](c1ccc(O)c(O)c1)N1CCNCC1. The minimum absolute atomic E-state index is 0.0452. The van der Waals surface area contributed by atoms with Crippen LogP contribution in [0, 0.1) is 0 Å². The minimum atomic E-state index is -0.0634. The molecule has 4 heteroatoms. The Balaban J connectivity index is 2.19. The summed E-state index contributed by atoms with van der Waals surface area (Å²) in [4.78, 5) is 2.42. The van der Waals surface area contributed by atoms with Gasteiger partial charge in [-0.05, 0) is 30.5 Å². The van der Waals surface area contributed by atoms with E-state index in [0.29, 0.717) is 0 Å². The van der Waals surface area contributed by atoms with Crippen molar-refractivity contribution in [2.45, 2.75) is 18.9 Å². The smallest absolute Gasteiger partial charge is 0.157 e. The first-order valence-corrected chi connectivity index (χ1v) is 6.80. The first-order valence-electron chi connectivity index (χ1n) is 6.80. The highest BCUT2D eigenvalue weighted by Gasteiger charge is 2.22. The van der Waals surface area contributed by atoms with Gasteiger partial charge in [-0.25, -0.2) is 0 Å². The van der Waals surface area contributed by atoms with Gasteiger partial charge in [0.15, 0.2) is 11.5 Å². The van der Waals surface area contributed by atoms with Crippen molar-refractivity contribution in [2.75, 3.05) is 26.2 Å². The predicted molar refractivity (Wildman–Crippen MR) is 76.4 cm³/mol. The van der Waals surface area contributed by atoms with Gasteiger partial charge in [0, 0.05) is 32.2 Å². The third-order valence-electron chi connectivity index (χ3n) is 3.62. The van der Waals surface area contributed by atoms with Crippen molar-refractivity contribution in [3.05, 3.63) is 36.4 Å². The number of piperazine rings is 1. The summed E-state index contributed by atoms with van der Waals surface area (Å²) in [6, 6.07) is 5.40. The number of allylic oxidation sites excluding steroid dienone is 1. The van der Waals surface area contributed by atoms with Crippen molar-refractivity contribution in [2.24, 2.45) is 0 Å². The number of phenols is 2. The molecule has 0 radical (unpaired) electrons. The van der Waals surface area contributed by atoms with Crippen molar-refractivity contribution in [1.82, 2.24) is 10.2 Å². The summed E-state index contributed by atoms with van der Waals surface area (Å²) in [7, 11) is 0. The fraction of sp³-hybridized carbons (Fsp3) is 0.467. The third-order valence-corrected chi connectivity index (χ3v) is 3.62. The first kappa shape index (κ1) is 13.9. The number of rotatable bonds is 5. The molecule has 0 unspecified atom stereocenters. The third kappa shape index (κ3) is 3.49. The molecule has 0 spiro atoms. The van der Waals surface area contributed by atoms with Gasteiger partial charge in [0.2, 0.25) is 0 Å². The number of benzene rings is 1. The highest BCUT2D eigenvalue weighted by Crippen LogP contribution is 2.32. The Kier molecular flexibility index (Phi) is 4.82. The van der Waals surface area contributed by atoms with Crippen LogP contribution < -0.4 is 5.32 Å². The van der Waals surface area contributed by atoms with Crippen LogP contribution in [0.15, 0.2) is 30.9 Å². The number of hydrogen-bond donors (Lipinski definition) is 3. The van der Waals surface area contributed by atoms with Gasteiger partial charge in [-0.2, -0.15) is 0 Å². The second-order valence-corrected chi connectivity index (χ2v) is 4.92. The first-order chi connectivity index (χ1) is 9.22. The second kappa shape index (κ2) is 6.59. The lowest BCUT2D eigenvalue weighted by molar-refractivity contribution is 0.166. The van der Waals surface area contributed by atoms with E-state index in [4.69, 9.17) is 0 Å². The maximum Gasteiger partial charge on any atom is 0.157 e. The van der Waals surface area contributed by atoms with Crippen LogP contribution in [-0.4, -0.2) is 41.3 Å².